The highest BCUT2D eigenvalue weighted by Crippen LogP contribution is 2.33. The molecule has 3 rings (SSSR count). The largest absolute Gasteiger partial charge is 0.490 e. The molecule has 1 heterocycles. The fourth-order valence-electron chi connectivity index (χ4n) is 2.33. The van der Waals surface area contributed by atoms with E-state index in [0.29, 0.717) is 6.10 Å². The van der Waals surface area contributed by atoms with Crippen molar-refractivity contribution in [3.8, 4) is 5.75 Å². The number of rotatable bonds is 3. The van der Waals surface area contributed by atoms with Gasteiger partial charge in [-0.15, -0.1) is 0 Å². The molecule has 2 heteroatoms. The first kappa shape index (κ1) is 9.22. The number of benzene rings is 1. The SMILES string of the molecule is Cc1ccc(OC[C@H]2CO2)c2c1CCC2. The Kier molecular flexibility index (Phi) is 2.17. The lowest BCUT2D eigenvalue weighted by Gasteiger charge is -2.11. The van der Waals surface area contributed by atoms with Crippen LogP contribution >= 0.6 is 0 Å². The molecule has 0 aromatic heterocycles. The third kappa shape index (κ3) is 1.74. The molecule has 1 atom stereocenters. The molecule has 2 aliphatic rings. The normalized spacial score (nSPS) is 22.6. The van der Waals surface area contributed by atoms with Crippen LogP contribution < -0.4 is 4.74 Å². The average Bonchev–Trinajstić information content (AvgIpc) is 2.92. The molecule has 0 saturated carbocycles. The number of aryl methyl sites for hydroxylation is 1. The molecule has 0 N–H and O–H groups in total. The van der Waals surface area contributed by atoms with Gasteiger partial charge < -0.3 is 9.47 Å². The van der Waals surface area contributed by atoms with Crippen LogP contribution in [0.25, 0.3) is 0 Å². The van der Waals surface area contributed by atoms with Gasteiger partial charge in [-0.05, 0) is 48.9 Å². The molecular weight excluding hydrogens is 188 g/mol. The standard InChI is InChI=1S/C13H16O2/c1-9-5-6-13(15-8-10-7-14-10)12-4-2-3-11(9)12/h5-6,10H,2-4,7-8H2,1H3/t10-/m1/s1. The predicted octanol–water partition coefficient (Wildman–Crippen LogP) is 2.26. The van der Waals surface area contributed by atoms with Gasteiger partial charge in [-0.3, -0.25) is 0 Å². The molecule has 0 bridgehead atoms. The Hall–Kier alpha value is -1.02. The highest BCUT2D eigenvalue weighted by atomic mass is 16.6. The maximum absolute atomic E-state index is 5.80. The van der Waals surface area contributed by atoms with E-state index in [2.05, 4.69) is 19.1 Å². The van der Waals surface area contributed by atoms with Crippen LogP contribution in [0.15, 0.2) is 12.1 Å². The van der Waals surface area contributed by atoms with Crippen molar-refractivity contribution in [3.63, 3.8) is 0 Å². The summed E-state index contributed by atoms with van der Waals surface area (Å²) in [6.45, 7) is 3.78. The molecule has 0 spiro atoms. The first-order valence-corrected chi connectivity index (χ1v) is 5.70. The van der Waals surface area contributed by atoms with E-state index < -0.39 is 0 Å². The minimum absolute atomic E-state index is 0.350. The molecule has 80 valence electrons. The van der Waals surface area contributed by atoms with Crippen LogP contribution in [0.1, 0.15) is 23.1 Å². The molecule has 1 aliphatic heterocycles. The van der Waals surface area contributed by atoms with Crippen LogP contribution in [0.5, 0.6) is 5.75 Å². The second-order valence-electron chi connectivity index (χ2n) is 4.46. The zero-order valence-electron chi connectivity index (χ0n) is 9.08. The van der Waals surface area contributed by atoms with Crippen LogP contribution in [-0.4, -0.2) is 19.3 Å². The summed E-state index contributed by atoms with van der Waals surface area (Å²) in [6, 6.07) is 4.29. The number of fused-ring (bicyclic) bond motifs is 1. The number of epoxide rings is 1. The summed E-state index contributed by atoms with van der Waals surface area (Å²) in [5.41, 5.74) is 4.37. The van der Waals surface area contributed by atoms with E-state index >= 15 is 0 Å². The van der Waals surface area contributed by atoms with Crippen molar-refractivity contribution in [1.82, 2.24) is 0 Å². The molecule has 0 unspecified atom stereocenters. The third-order valence-corrected chi connectivity index (χ3v) is 3.30. The Labute approximate surface area is 90.2 Å². The van der Waals surface area contributed by atoms with Gasteiger partial charge in [0.1, 0.15) is 18.5 Å². The highest BCUT2D eigenvalue weighted by molar-refractivity contribution is 5.47. The van der Waals surface area contributed by atoms with Crippen molar-refractivity contribution in [2.24, 2.45) is 0 Å². The Morgan fingerprint density at radius 1 is 1.33 bits per heavy atom. The lowest BCUT2D eigenvalue weighted by molar-refractivity contribution is 0.261. The van der Waals surface area contributed by atoms with Gasteiger partial charge in [-0.1, -0.05) is 6.07 Å². The fraction of sp³-hybridized carbons (Fsp3) is 0.538. The van der Waals surface area contributed by atoms with Crippen LogP contribution in [0, 0.1) is 6.92 Å². The molecular formula is C13H16O2. The quantitative estimate of drug-likeness (QED) is 0.704. The maximum Gasteiger partial charge on any atom is 0.122 e. The van der Waals surface area contributed by atoms with Crippen molar-refractivity contribution in [3.05, 3.63) is 28.8 Å². The molecule has 0 amide bonds. The van der Waals surface area contributed by atoms with E-state index in [4.69, 9.17) is 9.47 Å². The lowest BCUT2D eigenvalue weighted by atomic mass is 10.0. The van der Waals surface area contributed by atoms with Crippen molar-refractivity contribution >= 4 is 0 Å². The molecule has 0 radical (unpaired) electrons. The Bertz CT molecular complexity index is 380. The fourth-order valence-corrected chi connectivity index (χ4v) is 2.33. The summed E-state index contributed by atoms with van der Waals surface area (Å²) < 4.78 is 11.0. The number of hydrogen-bond acceptors (Lipinski definition) is 2. The van der Waals surface area contributed by atoms with Crippen molar-refractivity contribution in [2.45, 2.75) is 32.3 Å². The van der Waals surface area contributed by atoms with Crippen LogP contribution in [0.3, 0.4) is 0 Å². The van der Waals surface area contributed by atoms with Crippen LogP contribution in [-0.2, 0) is 17.6 Å². The van der Waals surface area contributed by atoms with Gasteiger partial charge in [-0.2, -0.15) is 0 Å². The summed E-state index contributed by atoms with van der Waals surface area (Å²) in [6.07, 6.45) is 4.02. The Morgan fingerprint density at radius 2 is 2.13 bits per heavy atom. The molecule has 1 aromatic carbocycles. The second-order valence-corrected chi connectivity index (χ2v) is 4.46. The van der Waals surface area contributed by atoms with Gasteiger partial charge in [0.25, 0.3) is 0 Å². The average molecular weight is 204 g/mol. The van der Waals surface area contributed by atoms with Crippen LogP contribution in [0.4, 0.5) is 0 Å². The Morgan fingerprint density at radius 3 is 2.93 bits per heavy atom. The number of hydrogen-bond donors (Lipinski definition) is 0. The zero-order valence-corrected chi connectivity index (χ0v) is 9.08. The minimum atomic E-state index is 0.350. The van der Waals surface area contributed by atoms with E-state index in [1.54, 1.807) is 0 Å². The predicted molar refractivity (Wildman–Crippen MR) is 58.4 cm³/mol. The van der Waals surface area contributed by atoms with Gasteiger partial charge in [0.05, 0.1) is 6.61 Å². The summed E-state index contributed by atoms with van der Waals surface area (Å²) in [7, 11) is 0. The van der Waals surface area contributed by atoms with E-state index in [1.165, 1.54) is 36.0 Å². The summed E-state index contributed by atoms with van der Waals surface area (Å²) in [4.78, 5) is 0. The second kappa shape index (κ2) is 3.53. The Balaban J connectivity index is 1.84. The van der Waals surface area contributed by atoms with Crippen molar-refractivity contribution in [2.75, 3.05) is 13.2 Å². The van der Waals surface area contributed by atoms with Gasteiger partial charge >= 0.3 is 0 Å². The molecule has 1 fully saturated rings. The summed E-state index contributed by atoms with van der Waals surface area (Å²) in [5.74, 6) is 1.09. The van der Waals surface area contributed by atoms with Crippen molar-refractivity contribution < 1.29 is 9.47 Å². The van der Waals surface area contributed by atoms with Crippen LogP contribution in [0.2, 0.25) is 0 Å². The van der Waals surface area contributed by atoms with Crippen molar-refractivity contribution in [1.29, 1.82) is 0 Å². The maximum atomic E-state index is 5.80. The van der Waals surface area contributed by atoms with Gasteiger partial charge in [-0.25, -0.2) is 0 Å². The lowest BCUT2D eigenvalue weighted by Crippen LogP contribution is -2.06. The van der Waals surface area contributed by atoms with E-state index in [9.17, 15) is 0 Å². The summed E-state index contributed by atoms with van der Waals surface area (Å²) >= 11 is 0. The van der Waals surface area contributed by atoms with E-state index in [0.717, 1.165) is 19.0 Å². The molecule has 1 aromatic rings. The third-order valence-electron chi connectivity index (χ3n) is 3.30. The molecule has 2 nitrogen and oxygen atoms in total. The highest BCUT2D eigenvalue weighted by Gasteiger charge is 2.24. The number of ether oxygens (including phenoxy) is 2. The summed E-state index contributed by atoms with van der Waals surface area (Å²) in [5, 5.41) is 0. The van der Waals surface area contributed by atoms with Gasteiger partial charge in [0, 0.05) is 0 Å². The topological polar surface area (TPSA) is 21.8 Å². The minimum Gasteiger partial charge on any atom is -0.490 e. The van der Waals surface area contributed by atoms with E-state index in [-0.39, 0.29) is 0 Å². The first-order valence-electron chi connectivity index (χ1n) is 5.70. The smallest absolute Gasteiger partial charge is 0.122 e. The molecule has 1 aliphatic carbocycles. The zero-order chi connectivity index (χ0) is 10.3. The van der Waals surface area contributed by atoms with Gasteiger partial charge in [0.2, 0.25) is 0 Å². The molecule has 15 heavy (non-hydrogen) atoms. The monoisotopic (exact) mass is 204 g/mol. The molecule has 1 saturated heterocycles. The van der Waals surface area contributed by atoms with Gasteiger partial charge in [0.15, 0.2) is 0 Å². The van der Waals surface area contributed by atoms with E-state index in [1.807, 2.05) is 0 Å². The first-order chi connectivity index (χ1) is 7.34.